The van der Waals surface area contributed by atoms with Crippen molar-refractivity contribution in [1.29, 1.82) is 0 Å². The third-order valence-corrected chi connectivity index (χ3v) is 19.3. The van der Waals surface area contributed by atoms with Gasteiger partial charge in [0.2, 0.25) is 5.69 Å². The molecule has 3 aliphatic rings. The van der Waals surface area contributed by atoms with E-state index in [-0.39, 0.29) is 33.7 Å². The van der Waals surface area contributed by atoms with Gasteiger partial charge in [0, 0.05) is 4.75 Å². The standard InChI is InChI=1S/C26H40FN4O6PS2Si/c1-14(2)15-9-10-26(6)17(11-15)36-38(39,40-26)34-12-16-20(37-41(7,8)25(3,4)5)18(27)23(35-16)31-13-28-19-21(31)29-24(33)30-22(19)32/h13,15-18,20,23H,1,9-12H2,2-8H3,(H2,29,30,32,33)/t15-,16-,17+,18-,20-,23-,26+,38?/m1/s1. The number of allylic oxidation sites excluding steroid dienone is 1. The Hall–Kier alpha value is -1.12. The normalized spacial score (nSPS) is 36.1. The molecular formula is C26H40FN4O6PS2Si. The fourth-order valence-electron chi connectivity index (χ4n) is 5.42. The summed E-state index contributed by atoms with van der Waals surface area (Å²) >= 11 is 7.56. The van der Waals surface area contributed by atoms with Gasteiger partial charge in [-0.25, -0.2) is 9.37 Å². The van der Waals surface area contributed by atoms with Crippen LogP contribution in [-0.4, -0.2) is 68.8 Å². The van der Waals surface area contributed by atoms with Crippen molar-refractivity contribution in [1.82, 2.24) is 19.5 Å². The zero-order valence-electron chi connectivity index (χ0n) is 24.5. The van der Waals surface area contributed by atoms with Crippen molar-refractivity contribution < 1.29 is 27.7 Å². The van der Waals surface area contributed by atoms with Gasteiger partial charge in [0.25, 0.3) is 11.6 Å². The molecule has 2 aromatic rings. The van der Waals surface area contributed by atoms with E-state index in [2.05, 4.69) is 69.2 Å². The summed E-state index contributed by atoms with van der Waals surface area (Å²) in [6.45, 7) is 18.7. The molecule has 4 heterocycles. The molecule has 3 fully saturated rings. The summed E-state index contributed by atoms with van der Waals surface area (Å²) in [6.07, 6.45) is -0.493. The number of nitrogens with zero attached hydrogens (tertiary/aromatic N) is 3. The topological polar surface area (TPSA) is 121 Å². The first-order valence-electron chi connectivity index (χ1n) is 13.9. The van der Waals surface area contributed by atoms with E-state index < -0.39 is 50.2 Å². The minimum atomic E-state index is -2.75. The van der Waals surface area contributed by atoms with Crippen molar-refractivity contribution in [2.24, 2.45) is 5.92 Å². The van der Waals surface area contributed by atoms with Crippen LogP contribution in [0.3, 0.4) is 0 Å². The summed E-state index contributed by atoms with van der Waals surface area (Å²) in [5.74, 6) is 0.397. The fourth-order valence-corrected chi connectivity index (χ4v) is 13.9. The molecule has 0 amide bonds. The van der Waals surface area contributed by atoms with Crippen LogP contribution in [0.5, 0.6) is 6.01 Å². The Balaban J connectivity index is 1.40. The largest absolute Gasteiger partial charge is 0.480 e. The van der Waals surface area contributed by atoms with Crippen molar-refractivity contribution in [3.8, 4) is 6.01 Å². The summed E-state index contributed by atoms with van der Waals surface area (Å²) in [6, 6.07) is -0.594. The molecule has 2 N–H and O–H groups in total. The molecule has 8 atom stereocenters. The first-order chi connectivity index (χ1) is 18.9. The highest BCUT2D eigenvalue weighted by Crippen LogP contribution is 2.75. The number of nitrogens with one attached hydrogen (secondary N) is 1. The van der Waals surface area contributed by atoms with Gasteiger partial charge in [-0.05, 0) is 69.0 Å². The summed E-state index contributed by atoms with van der Waals surface area (Å²) in [5, 5.41) is 9.71. The zero-order chi connectivity index (χ0) is 30.1. The molecule has 5 rings (SSSR count). The Morgan fingerprint density at radius 3 is 2.83 bits per heavy atom. The van der Waals surface area contributed by atoms with Gasteiger partial charge < -0.3 is 23.3 Å². The number of aromatic hydroxyl groups is 1. The molecular weight excluding hydrogens is 607 g/mol. The van der Waals surface area contributed by atoms with E-state index in [0.717, 1.165) is 24.8 Å². The van der Waals surface area contributed by atoms with E-state index >= 15 is 4.39 Å². The first kappa shape index (κ1) is 31.3. The predicted octanol–water partition coefficient (Wildman–Crippen LogP) is 5.96. The average molecular weight is 647 g/mol. The van der Waals surface area contributed by atoms with Gasteiger partial charge in [-0.2, -0.15) is 4.98 Å². The monoisotopic (exact) mass is 646 g/mol. The number of imidazole rings is 1. The van der Waals surface area contributed by atoms with Crippen molar-refractivity contribution in [2.75, 3.05) is 6.61 Å². The van der Waals surface area contributed by atoms with Crippen LogP contribution >= 0.6 is 17.1 Å². The van der Waals surface area contributed by atoms with E-state index in [9.17, 15) is 9.90 Å². The van der Waals surface area contributed by atoms with E-state index in [4.69, 9.17) is 30.0 Å². The van der Waals surface area contributed by atoms with Crippen LogP contribution in [0.15, 0.2) is 23.3 Å². The van der Waals surface area contributed by atoms with Crippen LogP contribution in [0.25, 0.3) is 11.2 Å². The molecule has 41 heavy (non-hydrogen) atoms. The van der Waals surface area contributed by atoms with Gasteiger partial charge >= 0.3 is 0 Å². The van der Waals surface area contributed by atoms with Gasteiger partial charge in [-0.1, -0.05) is 44.3 Å². The number of rotatable bonds is 7. The van der Waals surface area contributed by atoms with Crippen LogP contribution in [0.1, 0.15) is 60.1 Å². The Kier molecular flexibility index (Phi) is 8.24. The maximum Gasteiger partial charge on any atom is 0.296 e. The lowest BCUT2D eigenvalue weighted by Gasteiger charge is -2.39. The molecule has 0 aromatic carbocycles. The number of hydrogen-bond donors (Lipinski definition) is 2. The van der Waals surface area contributed by atoms with Gasteiger partial charge in [-0.15, -0.1) is 0 Å². The number of aromatic amines is 1. The summed E-state index contributed by atoms with van der Waals surface area (Å²) in [7, 11) is -2.45. The summed E-state index contributed by atoms with van der Waals surface area (Å²) in [4.78, 5) is 22.5. The van der Waals surface area contributed by atoms with Crippen molar-refractivity contribution in [2.45, 2.75) is 107 Å². The molecule has 2 aliphatic heterocycles. The maximum atomic E-state index is 16.4. The third kappa shape index (κ3) is 5.87. The Labute approximate surface area is 249 Å². The second kappa shape index (κ2) is 10.8. The molecule has 0 radical (unpaired) electrons. The lowest BCUT2D eigenvalue weighted by molar-refractivity contribution is -0.0406. The van der Waals surface area contributed by atoms with Gasteiger partial charge in [-0.3, -0.25) is 14.3 Å². The summed E-state index contributed by atoms with van der Waals surface area (Å²) < 4.78 is 43.2. The summed E-state index contributed by atoms with van der Waals surface area (Å²) in [5.41, 5.74) is -2.25. The van der Waals surface area contributed by atoms with Crippen LogP contribution in [0.4, 0.5) is 4.39 Å². The second-order valence-corrected chi connectivity index (χ2v) is 24.5. The number of fused-ring (bicyclic) bond motifs is 2. The molecule has 0 spiro atoms. The number of alkyl halides is 1. The predicted molar refractivity (Wildman–Crippen MR) is 164 cm³/mol. The lowest BCUT2D eigenvalue weighted by atomic mass is 9.77. The average Bonchev–Trinajstić information content (AvgIpc) is 3.48. The molecule has 2 aromatic heterocycles. The number of aromatic nitrogens is 4. The second-order valence-electron chi connectivity index (χ2n) is 13.1. The van der Waals surface area contributed by atoms with Gasteiger partial charge in [0.1, 0.15) is 12.2 Å². The van der Waals surface area contributed by atoms with E-state index in [1.54, 1.807) is 11.4 Å². The third-order valence-electron chi connectivity index (χ3n) is 9.04. The Morgan fingerprint density at radius 1 is 1.46 bits per heavy atom. The SMILES string of the molecule is C=C(C)[C@@H]1CC[C@]2(C)SP(=S)(OC[C@H]3O[C@@H](n4cnc5c(=O)[nH]c(O)nc54)[C@H](F)[C@@H]3O[Si](C)(C)C(C)(C)C)O[C@H]2C1. The van der Waals surface area contributed by atoms with Gasteiger partial charge in [0.15, 0.2) is 31.9 Å². The van der Waals surface area contributed by atoms with Crippen LogP contribution in [0.2, 0.25) is 18.1 Å². The Morgan fingerprint density at radius 2 is 2.17 bits per heavy atom. The van der Waals surface area contributed by atoms with Gasteiger partial charge in [0.05, 0.1) is 19.0 Å². The molecule has 15 heteroatoms. The van der Waals surface area contributed by atoms with Crippen molar-refractivity contribution in [3.05, 3.63) is 28.8 Å². The maximum absolute atomic E-state index is 16.4. The molecule has 1 unspecified atom stereocenters. The molecule has 2 saturated heterocycles. The lowest BCUT2D eigenvalue weighted by Crippen LogP contribution is -2.49. The van der Waals surface area contributed by atoms with Crippen LogP contribution in [0, 0.1) is 5.92 Å². The zero-order valence-corrected chi connectivity index (χ0v) is 28.1. The van der Waals surface area contributed by atoms with Crippen molar-refractivity contribution >= 4 is 48.4 Å². The molecule has 0 bridgehead atoms. The van der Waals surface area contributed by atoms with Crippen LogP contribution < -0.4 is 5.56 Å². The molecule has 10 nitrogen and oxygen atoms in total. The van der Waals surface area contributed by atoms with E-state index in [1.165, 1.54) is 10.9 Å². The van der Waals surface area contributed by atoms with E-state index in [1.807, 2.05) is 0 Å². The van der Waals surface area contributed by atoms with Crippen molar-refractivity contribution in [3.63, 3.8) is 0 Å². The minimum Gasteiger partial charge on any atom is -0.480 e. The number of hydrogen-bond acceptors (Lipinski definition) is 10. The first-order valence-corrected chi connectivity index (χ1v) is 20.8. The highest BCUT2D eigenvalue weighted by molar-refractivity contribution is 8.68. The quantitative estimate of drug-likeness (QED) is 0.212. The number of halogens is 1. The highest BCUT2D eigenvalue weighted by atomic mass is 32.9. The number of H-pyrrole nitrogens is 1. The Bertz CT molecular complexity index is 1450. The molecule has 228 valence electrons. The minimum absolute atomic E-state index is 0.0116. The number of ether oxygens (including phenoxy) is 1. The van der Waals surface area contributed by atoms with E-state index in [0.29, 0.717) is 5.92 Å². The smallest absolute Gasteiger partial charge is 0.296 e. The highest BCUT2D eigenvalue weighted by Gasteiger charge is 2.55. The fraction of sp³-hybridized carbons (Fsp3) is 0.731. The van der Waals surface area contributed by atoms with Crippen LogP contribution in [-0.2, 0) is 30.0 Å². The molecule has 1 saturated carbocycles. The molecule has 1 aliphatic carbocycles.